The zero-order valence-corrected chi connectivity index (χ0v) is 22.2. The van der Waals surface area contributed by atoms with Crippen molar-refractivity contribution in [1.29, 1.82) is 0 Å². The number of likely N-dealkylation sites (N-methyl/N-ethyl adjacent to an activating group) is 1. The molecule has 2 fully saturated rings. The number of pyridine rings is 1. The third-order valence-corrected chi connectivity index (χ3v) is 8.00. The lowest BCUT2D eigenvalue weighted by molar-refractivity contribution is 0.0568. The second kappa shape index (κ2) is 9.72. The number of aromatic nitrogens is 3. The molecule has 1 saturated heterocycles. The number of ether oxygens (including phenoxy) is 1. The largest absolute Gasteiger partial charge is 0.492 e. The molecule has 6 rings (SSSR count). The molecular weight excluding hydrogens is 500 g/mol. The Kier molecular flexibility index (Phi) is 6.33. The number of rotatable bonds is 8. The van der Waals surface area contributed by atoms with Crippen LogP contribution >= 0.6 is 0 Å². The van der Waals surface area contributed by atoms with E-state index in [1.807, 2.05) is 56.3 Å². The highest BCUT2D eigenvalue weighted by Gasteiger charge is 2.47. The number of benzene rings is 2. The summed E-state index contributed by atoms with van der Waals surface area (Å²) in [6, 6.07) is 15.4. The standard InChI is InChI=1S/C30H31F2N5O2/c1-18-4-6-22(39-17-21-8-12-36(21)3)16-24(18)28(38)34-30(10-11-30)25-14-20(26-9-13-37(35-26)29(31)32)15-27-23(25)7-5-19(2)33-27/h4-7,9,13-16,21,29H,8,10-12,17H2,1-3H3,(H,34,38)/t21-/m0/s1. The van der Waals surface area contributed by atoms with Gasteiger partial charge in [0.25, 0.3) is 5.91 Å². The van der Waals surface area contributed by atoms with Crippen LogP contribution in [0.5, 0.6) is 5.75 Å². The molecule has 1 amide bonds. The first-order valence-corrected chi connectivity index (χ1v) is 13.2. The van der Waals surface area contributed by atoms with Crippen molar-refractivity contribution in [1.82, 2.24) is 25.0 Å². The van der Waals surface area contributed by atoms with E-state index in [1.54, 1.807) is 6.07 Å². The number of amides is 1. The van der Waals surface area contributed by atoms with E-state index in [1.165, 1.54) is 6.20 Å². The minimum absolute atomic E-state index is 0.170. The number of likely N-dealkylation sites (tertiary alicyclic amines) is 1. The number of alkyl halides is 2. The molecule has 2 aromatic heterocycles. The first-order chi connectivity index (χ1) is 18.7. The molecule has 3 heterocycles. The Morgan fingerprint density at radius 3 is 2.64 bits per heavy atom. The van der Waals surface area contributed by atoms with Crippen LogP contribution < -0.4 is 10.1 Å². The molecule has 1 atom stereocenters. The van der Waals surface area contributed by atoms with Gasteiger partial charge in [0.15, 0.2) is 0 Å². The Labute approximate surface area is 225 Å². The summed E-state index contributed by atoms with van der Waals surface area (Å²) in [6.07, 6.45) is 3.91. The molecule has 2 aliphatic rings. The van der Waals surface area contributed by atoms with E-state index in [-0.39, 0.29) is 5.91 Å². The van der Waals surface area contributed by atoms with Gasteiger partial charge in [0.05, 0.1) is 16.7 Å². The zero-order valence-electron chi connectivity index (χ0n) is 22.2. The Morgan fingerprint density at radius 2 is 1.97 bits per heavy atom. The third kappa shape index (κ3) is 4.87. The molecule has 0 unspecified atom stereocenters. The van der Waals surface area contributed by atoms with Crippen molar-refractivity contribution in [2.75, 3.05) is 20.2 Å². The molecule has 1 aliphatic carbocycles. The van der Waals surface area contributed by atoms with Crippen LogP contribution in [0, 0.1) is 13.8 Å². The van der Waals surface area contributed by atoms with Crippen LogP contribution in [0.2, 0.25) is 0 Å². The van der Waals surface area contributed by atoms with Gasteiger partial charge in [-0.3, -0.25) is 14.7 Å². The summed E-state index contributed by atoms with van der Waals surface area (Å²) in [4.78, 5) is 20.6. The fourth-order valence-electron chi connectivity index (χ4n) is 5.26. The van der Waals surface area contributed by atoms with Gasteiger partial charge < -0.3 is 10.1 Å². The summed E-state index contributed by atoms with van der Waals surface area (Å²) in [5.41, 5.74) is 4.48. The van der Waals surface area contributed by atoms with Gasteiger partial charge in [-0.15, -0.1) is 0 Å². The Balaban J connectivity index is 1.31. The van der Waals surface area contributed by atoms with Gasteiger partial charge in [-0.25, -0.2) is 4.68 Å². The lowest BCUT2D eigenvalue weighted by atomic mass is 9.94. The van der Waals surface area contributed by atoms with Gasteiger partial charge in [-0.05, 0) is 94.2 Å². The fraction of sp³-hybridized carbons (Fsp3) is 0.367. The van der Waals surface area contributed by atoms with E-state index in [0.29, 0.717) is 39.9 Å². The second-order valence-electron chi connectivity index (χ2n) is 10.7. The smallest absolute Gasteiger partial charge is 0.333 e. The number of carbonyl (C=O) groups excluding carboxylic acids is 1. The number of carbonyl (C=O) groups is 1. The van der Waals surface area contributed by atoms with Gasteiger partial charge in [0.2, 0.25) is 0 Å². The van der Waals surface area contributed by atoms with Gasteiger partial charge >= 0.3 is 6.55 Å². The molecule has 1 N–H and O–H groups in total. The zero-order chi connectivity index (χ0) is 27.3. The molecule has 0 radical (unpaired) electrons. The van der Waals surface area contributed by atoms with E-state index in [4.69, 9.17) is 9.72 Å². The molecule has 7 nitrogen and oxygen atoms in total. The number of hydrogen-bond acceptors (Lipinski definition) is 5. The Morgan fingerprint density at radius 1 is 1.15 bits per heavy atom. The monoisotopic (exact) mass is 531 g/mol. The van der Waals surface area contributed by atoms with Crippen molar-refractivity contribution in [3.8, 4) is 17.0 Å². The summed E-state index contributed by atoms with van der Waals surface area (Å²) >= 11 is 0. The van der Waals surface area contributed by atoms with Crippen molar-refractivity contribution in [2.45, 2.75) is 51.2 Å². The molecule has 1 saturated carbocycles. The van der Waals surface area contributed by atoms with Gasteiger partial charge in [-0.1, -0.05) is 12.1 Å². The van der Waals surface area contributed by atoms with E-state index in [9.17, 15) is 13.6 Å². The summed E-state index contributed by atoms with van der Waals surface area (Å²) in [5.74, 6) is 0.509. The lowest BCUT2D eigenvalue weighted by Crippen LogP contribution is -2.48. The predicted molar refractivity (Wildman–Crippen MR) is 145 cm³/mol. The van der Waals surface area contributed by atoms with E-state index >= 15 is 0 Å². The van der Waals surface area contributed by atoms with Crippen molar-refractivity contribution in [2.24, 2.45) is 0 Å². The maximum absolute atomic E-state index is 13.6. The van der Waals surface area contributed by atoms with Crippen LogP contribution in [0.15, 0.2) is 54.7 Å². The minimum Gasteiger partial charge on any atom is -0.492 e. The van der Waals surface area contributed by atoms with Crippen molar-refractivity contribution in [3.05, 3.63) is 77.1 Å². The van der Waals surface area contributed by atoms with Crippen LogP contribution in [-0.4, -0.2) is 51.8 Å². The fourth-order valence-corrected chi connectivity index (χ4v) is 5.26. The summed E-state index contributed by atoms with van der Waals surface area (Å²) in [6.45, 7) is 2.78. The average molecular weight is 532 g/mol. The van der Waals surface area contributed by atoms with Gasteiger partial charge in [0, 0.05) is 34.4 Å². The number of nitrogens with zero attached hydrogens (tertiary/aromatic N) is 4. The highest BCUT2D eigenvalue weighted by molar-refractivity contribution is 5.98. The summed E-state index contributed by atoms with van der Waals surface area (Å²) in [7, 11) is 2.08. The SMILES string of the molecule is Cc1ccc2c(C3(NC(=O)c4cc(OC[C@@H]5CCN5C)ccc4C)CC3)cc(-c3ccn(C(F)F)n3)cc2n1. The van der Waals surface area contributed by atoms with Crippen LogP contribution in [0.3, 0.4) is 0 Å². The first-order valence-electron chi connectivity index (χ1n) is 13.2. The topological polar surface area (TPSA) is 72.3 Å². The van der Waals surface area contributed by atoms with E-state index in [2.05, 4.69) is 22.4 Å². The van der Waals surface area contributed by atoms with Crippen molar-refractivity contribution >= 4 is 16.8 Å². The van der Waals surface area contributed by atoms with Crippen LogP contribution in [0.4, 0.5) is 8.78 Å². The van der Waals surface area contributed by atoms with Crippen LogP contribution in [-0.2, 0) is 5.54 Å². The molecule has 39 heavy (non-hydrogen) atoms. The van der Waals surface area contributed by atoms with Gasteiger partial charge in [0.1, 0.15) is 12.4 Å². The van der Waals surface area contributed by atoms with E-state index in [0.717, 1.165) is 53.5 Å². The Hall–Kier alpha value is -3.85. The average Bonchev–Trinajstić information content (AvgIpc) is 3.50. The maximum Gasteiger partial charge on any atom is 0.333 e. The second-order valence-corrected chi connectivity index (χ2v) is 10.7. The molecule has 0 bridgehead atoms. The Bertz CT molecular complexity index is 1560. The van der Waals surface area contributed by atoms with Gasteiger partial charge in [-0.2, -0.15) is 13.9 Å². The minimum atomic E-state index is -2.72. The van der Waals surface area contributed by atoms with E-state index < -0.39 is 12.1 Å². The molecule has 2 aromatic carbocycles. The molecule has 4 aromatic rings. The number of nitrogens with one attached hydrogen (secondary N) is 1. The molecule has 202 valence electrons. The summed E-state index contributed by atoms with van der Waals surface area (Å²) < 4.78 is 33.1. The normalized spacial score (nSPS) is 18.3. The number of halogens is 2. The van der Waals surface area contributed by atoms with Crippen molar-refractivity contribution < 1.29 is 18.3 Å². The number of hydrogen-bond donors (Lipinski definition) is 1. The predicted octanol–water partition coefficient (Wildman–Crippen LogP) is 5.61. The summed E-state index contributed by atoms with van der Waals surface area (Å²) in [5, 5.41) is 8.28. The van der Waals surface area contributed by atoms with Crippen molar-refractivity contribution in [3.63, 3.8) is 0 Å². The first kappa shape index (κ1) is 25.4. The third-order valence-electron chi connectivity index (χ3n) is 8.00. The van der Waals surface area contributed by atoms with Crippen LogP contribution in [0.1, 0.15) is 53.0 Å². The molecule has 9 heteroatoms. The van der Waals surface area contributed by atoms with Crippen LogP contribution in [0.25, 0.3) is 22.2 Å². The molecular formula is C30H31F2N5O2. The lowest BCUT2D eigenvalue weighted by Gasteiger charge is -2.37. The molecule has 0 spiro atoms. The number of fused-ring (bicyclic) bond motifs is 1. The highest BCUT2D eigenvalue weighted by atomic mass is 19.3. The number of aryl methyl sites for hydroxylation is 2. The maximum atomic E-state index is 13.6. The molecule has 1 aliphatic heterocycles. The quantitative estimate of drug-likeness (QED) is 0.320. The highest BCUT2D eigenvalue weighted by Crippen LogP contribution is 2.49.